The first-order valence-electron chi connectivity index (χ1n) is 6.55. The maximum absolute atomic E-state index is 6.11. The van der Waals surface area contributed by atoms with Crippen LogP contribution in [0, 0.1) is 5.41 Å². The maximum atomic E-state index is 6.11. The third kappa shape index (κ3) is 3.79. The van der Waals surface area contributed by atoms with Crippen LogP contribution in [0.1, 0.15) is 60.8 Å². The van der Waals surface area contributed by atoms with Gasteiger partial charge in [-0.2, -0.15) is 0 Å². The monoisotopic (exact) mass is 223 g/mol. The van der Waals surface area contributed by atoms with E-state index >= 15 is 0 Å². The summed E-state index contributed by atoms with van der Waals surface area (Å²) in [6.45, 7) is 13.2. The van der Waals surface area contributed by atoms with E-state index in [0.29, 0.717) is 0 Å². The van der Waals surface area contributed by atoms with E-state index in [9.17, 15) is 0 Å². The van der Waals surface area contributed by atoms with Gasteiger partial charge in [0.1, 0.15) is 0 Å². The Labute approximate surface area is 102 Å². The molecule has 2 N–H and O–H groups in total. The van der Waals surface area contributed by atoms with Crippen molar-refractivity contribution in [2.24, 2.45) is 11.1 Å². The fourth-order valence-electron chi connectivity index (χ4n) is 1.97. The molecule has 0 saturated heterocycles. The number of nitrogens with two attached hydrogens (primary N) is 1. The summed E-state index contributed by atoms with van der Waals surface area (Å²) in [6, 6.07) is 0.202. The molecule has 2 unspecified atom stereocenters. The Balaban J connectivity index is 5.07. The highest BCUT2D eigenvalue weighted by atomic mass is 14.7. The fourth-order valence-corrected chi connectivity index (χ4v) is 1.97. The molecule has 0 aliphatic rings. The minimum atomic E-state index is 0.127. The molecule has 16 heavy (non-hydrogen) atoms. The molecule has 2 atom stereocenters. The van der Waals surface area contributed by atoms with Gasteiger partial charge < -0.3 is 5.73 Å². The Kier molecular flexibility index (Phi) is 6.66. The van der Waals surface area contributed by atoms with Crippen LogP contribution in [-0.4, -0.2) is 6.04 Å². The van der Waals surface area contributed by atoms with Crippen molar-refractivity contribution in [3.63, 3.8) is 0 Å². The lowest BCUT2D eigenvalue weighted by Crippen LogP contribution is -2.37. The maximum Gasteiger partial charge on any atom is 0.0102 e. The lowest BCUT2D eigenvalue weighted by Gasteiger charge is -2.34. The van der Waals surface area contributed by atoms with Gasteiger partial charge in [-0.15, -0.1) is 0 Å². The number of hydrogen-bond acceptors (Lipinski definition) is 1. The third-order valence-corrected chi connectivity index (χ3v) is 3.92. The molecule has 0 radical (unpaired) electrons. The number of rotatable bonds is 6. The normalized spacial score (nSPS) is 19.4. The van der Waals surface area contributed by atoms with E-state index in [-0.39, 0.29) is 11.5 Å². The SMILES string of the molecule is CC/C=C(\C=C(\C)C(C)(CC)C(C)N)CC. The molecule has 0 aliphatic heterocycles. The van der Waals surface area contributed by atoms with Crippen molar-refractivity contribution < 1.29 is 0 Å². The molecule has 0 aromatic heterocycles. The molecule has 1 nitrogen and oxygen atoms in total. The van der Waals surface area contributed by atoms with Gasteiger partial charge in [0.2, 0.25) is 0 Å². The van der Waals surface area contributed by atoms with Crippen LogP contribution in [0.2, 0.25) is 0 Å². The zero-order valence-electron chi connectivity index (χ0n) is 11.9. The predicted molar refractivity (Wildman–Crippen MR) is 74.5 cm³/mol. The summed E-state index contributed by atoms with van der Waals surface area (Å²) < 4.78 is 0. The van der Waals surface area contributed by atoms with Gasteiger partial charge in [0.25, 0.3) is 0 Å². The van der Waals surface area contributed by atoms with E-state index in [1.54, 1.807) is 0 Å². The molecular formula is C15H29N. The van der Waals surface area contributed by atoms with E-state index in [0.717, 1.165) is 19.3 Å². The van der Waals surface area contributed by atoms with Gasteiger partial charge in [0.15, 0.2) is 0 Å². The lowest BCUT2D eigenvalue weighted by molar-refractivity contribution is 0.317. The molecule has 0 aromatic rings. The first-order valence-corrected chi connectivity index (χ1v) is 6.55. The first kappa shape index (κ1) is 15.4. The van der Waals surface area contributed by atoms with Crippen LogP contribution >= 0.6 is 0 Å². The van der Waals surface area contributed by atoms with Crippen LogP contribution in [0.4, 0.5) is 0 Å². The topological polar surface area (TPSA) is 26.0 Å². The Morgan fingerprint density at radius 3 is 2.19 bits per heavy atom. The molecule has 0 bridgehead atoms. The number of hydrogen-bond donors (Lipinski definition) is 1. The average molecular weight is 223 g/mol. The summed E-state index contributed by atoms with van der Waals surface area (Å²) in [7, 11) is 0. The highest BCUT2D eigenvalue weighted by Gasteiger charge is 2.28. The van der Waals surface area contributed by atoms with Crippen molar-refractivity contribution in [2.75, 3.05) is 0 Å². The molecule has 0 spiro atoms. The quantitative estimate of drug-likeness (QED) is 0.662. The summed E-state index contributed by atoms with van der Waals surface area (Å²) in [5.41, 5.74) is 9.08. The second kappa shape index (κ2) is 6.90. The molecule has 0 fully saturated rings. The van der Waals surface area contributed by atoms with Gasteiger partial charge in [-0.25, -0.2) is 0 Å². The largest absolute Gasteiger partial charge is 0.327 e. The fraction of sp³-hybridized carbons (Fsp3) is 0.733. The highest BCUT2D eigenvalue weighted by Crippen LogP contribution is 2.34. The van der Waals surface area contributed by atoms with Crippen LogP contribution in [0.15, 0.2) is 23.3 Å². The van der Waals surface area contributed by atoms with Crippen LogP contribution in [0.3, 0.4) is 0 Å². The van der Waals surface area contributed by atoms with E-state index in [1.165, 1.54) is 11.1 Å². The van der Waals surface area contributed by atoms with Crippen molar-refractivity contribution in [2.45, 2.75) is 66.8 Å². The van der Waals surface area contributed by atoms with Gasteiger partial charge in [-0.1, -0.05) is 51.0 Å². The zero-order valence-corrected chi connectivity index (χ0v) is 11.9. The van der Waals surface area contributed by atoms with Crippen molar-refractivity contribution in [1.29, 1.82) is 0 Å². The van der Waals surface area contributed by atoms with Gasteiger partial charge in [-0.05, 0) is 33.1 Å². The summed E-state index contributed by atoms with van der Waals surface area (Å²) in [5.74, 6) is 0. The molecule has 0 saturated carbocycles. The minimum absolute atomic E-state index is 0.127. The van der Waals surface area contributed by atoms with E-state index in [4.69, 9.17) is 5.73 Å². The summed E-state index contributed by atoms with van der Waals surface area (Å²) >= 11 is 0. The average Bonchev–Trinajstić information content (AvgIpc) is 2.26. The highest BCUT2D eigenvalue weighted by molar-refractivity contribution is 5.27. The molecule has 0 rings (SSSR count). The van der Waals surface area contributed by atoms with E-state index < -0.39 is 0 Å². The van der Waals surface area contributed by atoms with Crippen molar-refractivity contribution in [3.05, 3.63) is 23.3 Å². The summed E-state index contributed by atoms with van der Waals surface area (Å²) in [4.78, 5) is 0. The summed E-state index contributed by atoms with van der Waals surface area (Å²) in [6.07, 6.45) is 7.94. The van der Waals surface area contributed by atoms with E-state index in [1.807, 2.05) is 0 Å². The smallest absolute Gasteiger partial charge is 0.0102 e. The molecule has 94 valence electrons. The van der Waals surface area contributed by atoms with Gasteiger partial charge in [0, 0.05) is 11.5 Å². The molecule has 0 aromatic carbocycles. The Hall–Kier alpha value is -0.560. The van der Waals surface area contributed by atoms with Crippen LogP contribution in [0.5, 0.6) is 0 Å². The first-order chi connectivity index (χ1) is 7.42. The molecule has 0 heterocycles. The minimum Gasteiger partial charge on any atom is -0.327 e. The molecule has 0 aliphatic carbocycles. The Bertz CT molecular complexity index is 261. The van der Waals surface area contributed by atoms with E-state index in [2.05, 4.69) is 53.7 Å². The molecular weight excluding hydrogens is 194 g/mol. The third-order valence-electron chi connectivity index (χ3n) is 3.92. The number of allylic oxidation sites excluding steroid dienone is 3. The summed E-state index contributed by atoms with van der Waals surface area (Å²) in [5, 5.41) is 0. The standard InChI is InChI=1S/C15H29N/c1-7-10-14(8-2)11-12(4)15(6,9-3)13(5)16/h10-11,13H,7-9,16H2,1-6H3/b12-11-,14-10-. The van der Waals surface area contributed by atoms with Crippen LogP contribution in [-0.2, 0) is 0 Å². The molecule has 1 heteroatoms. The predicted octanol–water partition coefficient (Wildman–Crippen LogP) is 4.44. The van der Waals surface area contributed by atoms with Crippen LogP contribution < -0.4 is 5.73 Å². The Morgan fingerprint density at radius 2 is 1.88 bits per heavy atom. The second-order valence-electron chi connectivity index (χ2n) is 4.93. The van der Waals surface area contributed by atoms with Crippen molar-refractivity contribution >= 4 is 0 Å². The van der Waals surface area contributed by atoms with Crippen LogP contribution in [0.25, 0.3) is 0 Å². The van der Waals surface area contributed by atoms with Crippen molar-refractivity contribution in [1.82, 2.24) is 0 Å². The van der Waals surface area contributed by atoms with Gasteiger partial charge in [-0.3, -0.25) is 0 Å². The molecule has 0 amide bonds. The van der Waals surface area contributed by atoms with Crippen molar-refractivity contribution in [3.8, 4) is 0 Å². The van der Waals surface area contributed by atoms with Gasteiger partial charge in [0.05, 0.1) is 0 Å². The lowest BCUT2D eigenvalue weighted by atomic mass is 9.74. The Morgan fingerprint density at radius 1 is 1.31 bits per heavy atom. The zero-order chi connectivity index (χ0) is 12.8. The second-order valence-corrected chi connectivity index (χ2v) is 4.93. The van der Waals surface area contributed by atoms with Gasteiger partial charge >= 0.3 is 0 Å².